The minimum absolute atomic E-state index is 0.314. The minimum Gasteiger partial charge on any atom is -0.305 e. The van der Waals surface area contributed by atoms with Gasteiger partial charge in [-0.05, 0) is 37.5 Å². The van der Waals surface area contributed by atoms with Crippen LogP contribution in [0.4, 0.5) is 5.82 Å². The number of aromatic nitrogens is 6. The highest BCUT2D eigenvalue weighted by molar-refractivity contribution is 6.07. The van der Waals surface area contributed by atoms with Crippen molar-refractivity contribution in [3.05, 3.63) is 60.4 Å². The van der Waals surface area contributed by atoms with E-state index in [1.807, 2.05) is 34.3 Å². The number of anilines is 1. The van der Waals surface area contributed by atoms with Crippen LogP contribution in [-0.4, -0.2) is 35.0 Å². The molecule has 4 aromatic rings. The standard InChI is InChI=1S/C21H21N7O/c1-14-6-7-18(23-12-14)25-21(29)19-17-13-22-10-11-27(17)20(26-19)16-8-9-24-28(16)15-4-2-3-5-15/h6-13,15H,2-5H2,1H3,(H,23,25,29). The lowest BCUT2D eigenvalue weighted by Gasteiger charge is -2.13. The summed E-state index contributed by atoms with van der Waals surface area (Å²) in [7, 11) is 0. The van der Waals surface area contributed by atoms with Crippen molar-refractivity contribution in [1.82, 2.24) is 29.1 Å². The first-order valence-corrected chi connectivity index (χ1v) is 9.80. The Labute approximate surface area is 167 Å². The molecule has 0 aliphatic heterocycles. The molecule has 1 N–H and O–H groups in total. The number of amides is 1. The predicted molar refractivity (Wildman–Crippen MR) is 109 cm³/mol. The molecule has 5 rings (SSSR count). The summed E-state index contributed by atoms with van der Waals surface area (Å²) in [4.78, 5) is 26.1. The molecule has 8 nitrogen and oxygen atoms in total. The molecule has 1 amide bonds. The molecule has 1 saturated carbocycles. The van der Waals surface area contributed by atoms with E-state index in [0.717, 1.165) is 24.1 Å². The third-order valence-corrected chi connectivity index (χ3v) is 5.38. The lowest BCUT2D eigenvalue weighted by atomic mass is 10.2. The zero-order valence-corrected chi connectivity index (χ0v) is 16.1. The van der Waals surface area contributed by atoms with Gasteiger partial charge in [-0.25, -0.2) is 9.97 Å². The molecular weight excluding hydrogens is 366 g/mol. The molecule has 4 heterocycles. The van der Waals surface area contributed by atoms with Gasteiger partial charge in [-0.3, -0.25) is 18.9 Å². The predicted octanol–water partition coefficient (Wildman–Crippen LogP) is 3.66. The van der Waals surface area contributed by atoms with Crippen LogP contribution >= 0.6 is 0 Å². The van der Waals surface area contributed by atoms with Crippen molar-refractivity contribution < 1.29 is 4.79 Å². The quantitative estimate of drug-likeness (QED) is 0.577. The minimum atomic E-state index is -0.315. The monoisotopic (exact) mass is 387 g/mol. The highest BCUT2D eigenvalue weighted by atomic mass is 16.2. The summed E-state index contributed by atoms with van der Waals surface area (Å²) in [6, 6.07) is 6.01. The number of pyridine rings is 1. The van der Waals surface area contributed by atoms with Crippen molar-refractivity contribution in [2.24, 2.45) is 0 Å². The van der Waals surface area contributed by atoms with Crippen LogP contribution < -0.4 is 5.32 Å². The van der Waals surface area contributed by atoms with Gasteiger partial charge in [0, 0.05) is 24.8 Å². The molecule has 0 bridgehead atoms. The molecule has 1 aliphatic rings. The zero-order valence-electron chi connectivity index (χ0n) is 16.1. The molecule has 146 valence electrons. The van der Waals surface area contributed by atoms with Gasteiger partial charge in [0.15, 0.2) is 11.5 Å². The van der Waals surface area contributed by atoms with Crippen molar-refractivity contribution in [2.75, 3.05) is 5.32 Å². The second-order valence-corrected chi connectivity index (χ2v) is 7.39. The SMILES string of the molecule is Cc1ccc(NC(=O)c2nc(-c3ccnn3C3CCCC3)n3ccncc23)nc1. The molecule has 0 spiro atoms. The van der Waals surface area contributed by atoms with Crippen molar-refractivity contribution in [2.45, 2.75) is 38.6 Å². The number of nitrogens with one attached hydrogen (secondary N) is 1. The first kappa shape index (κ1) is 17.5. The number of rotatable bonds is 4. The van der Waals surface area contributed by atoms with Crippen LogP contribution in [0.3, 0.4) is 0 Å². The first-order chi connectivity index (χ1) is 14.2. The summed E-state index contributed by atoms with van der Waals surface area (Å²) < 4.78 is 3.94. The fourth-order valence-electron chi connectivity index (χ4n) is 3.93. The second-order valence-electron chi connectivity index (χ2n) is 7.39. The van der Waals surface area contributed by atoms with Gasteiger partial charge in [-0.15, -0.1) is 0 Å². The largest absolute Gasteiger partial charge is 0.305 e. The Morgan fingerprint density at radius 1 is 1.14 bits per heavy atom. The summed E-state index contributed by atoms with van der Waals surface area (Å²) in [6.45, 7) is 1.95. The molecule has 8 heteroatoms. The van der Waals surface area contributed by atoms with E-state index in [1.165, 1.54) is 12.8 Å². The van der Waals surface area contributed by atoms with E-state index in [-0.39, 0.29) is 5.91 Å². The number of imidazole rings is 1. The summed E-state index contributed by atoms with van der Waals surface area (Å²) in [5, 5.41) is 7.38. The molecule has 0 unspecified atom stereocenters. The number of hydrogen-bond acceptors (Lipinski definition) is 5. The Bertz CT molecular complexity index is 1170. The van der Waals surface area contributed by atoms with Gasteiger partial charge in [0.2, 0.25) is 0 Å². The Morgan fingerprint density at radius 3 is 2.79 bits per heavy atom. The zero-order chi connectivity index (χ0) is 19.8. The van der Waals surface area contributed by atoms with Crippen LogP contribution in [0.1, 0.15) is 47.8 Å². The lowest BCUT2D eigenvalue weighted by molar-refractivity contribution is 0.102. The molecule has 4 aromatic heterocycles. The van der Waals surface area contributed by atoms with Gasteiger partial charge in [0.1, 0.15) is 11.5 Å². The number of fused-ring (bicyclic) bond motifs is 1. The third kappa shape index (κ3) is 3.16. The summed E-state index contributed by atoms with van der Waals surface area (Å²) in [6.07, 6.45) is 13.4. The van der Waals surface area contributed by atoms with Crippen LogP contribution in [0, 0.1) is 6.92 Å². The van der Waals surface area contributed by atoms with Gasteiger partial charge >= 0.3 is 0 Å². The van der Waals surface area contributed by atoms with Crippen LogP contribution in [0.15, 0.2) is 49.2 Å². The first-order valence-electron chi connectivity index (χ1n) is 9.80. The molecule has 0 aromatic carbocycles. The molecule has 1 aliphatic carbocycles. The lowest BCUT2D eigenvalue weighted by Crippen LogP contribution is -2.14. The maximum Gasteiger partial charge on any atom is 0.277 e. The van der Waals surface area contributed by atoms with E-state index >= 15 is 0 Å². The van der Waals surface area contributed by atoms with Gasteiger partial charge in [0.25, 0.3) is 5.91 Å². The van der Waals surface area contributed by atoms with E-state index in [1.54, 1.807) is 30.9 Å². The average Bonchev–Trinajstić information content (AvgIpc) is 3.48. The second kappa shape index (κ2) is 7.12. The van der Waals surface area contributed by atoms with Crippen molar-refractivity contribution >= 4 is 17.2 Å². The molecular formula is C21H21N7O. The normalized spacial score (nSPS) is 14.5. The fourth-order valence-corrected chi connectivity index (χ4v) is 3.93. The molecule has 0 saturated heterocycles. The number of carbonyl (C=O) groups is 1. The van der Waals surface area contributed by atoms with Crippen molar-refractivity contribution in [3.8, 4) is 11.5 Å². The third-order valence-electron chi connectivity index (χ3n) is 5.38. The summed E-state index contributed by atoms with van der Waals surface area (Å²) in [5.74, 6) is 0.863. The summed E-state index contributed by atoms with van der Waals surface area (Å²) in [5.41, 5.74) is 2.90. The van der Waals surface area contributed by atoms with E-state index in [0.29, 0.717) is 28.9 Å². The highest BCUT2D eigenvalue weighted by Gasteiger charge is 2.25. The van der Waals surface area contributed by atoms with Crippen LogP contribution in [0.5, 0.6) is 0 Å². The Balaban J connectivity index is 1.56. The molecule has 1 fully saturated rings. The maximum absolute atomic E-state index is 13.0. The van der Waals surface area contributed by atoms with E-state index in [2.05, 4.69) is 20.4 Å². The Kier molecular flexibility index (Phi) is 4.31. The maximum atomic E-state index is 13.0. The smallest absolute Gasteiger partial charge is 0.277 e. The van der Waals surface area contributed by atoms with Crippen molar-refractivity contribution in [1.29, 1.82) is 0 Å². The number of aryl methyl sites for hydroxylation is 1. The van der Waals surface area contributed by atoms with Gasteiger partial charge < -0.3 is 5.32 Å². The van der Waals surface area contributed by atoms with Crippen LogP contribution in [-0.2, 0) is 0 Å². The molecule has 29 heavy (non-hydrogen) atoms. The van der Waals surface area contributed by atoms with E-state index < -0.39 is 0 Å². The van der Waals surface area contributed by atoms with Gasteiger partial charge in [0.05, 0.1) is 17.8 Å². The van der Waals surface area contributed by atoms with Crippen LogP contribution in [0.25, 0.3) is 17.0 Å². The molecule has 0 atom stereocenters. The Hall–Kier alpha value is -3.55. The number of hydrogen-bond donors (Lipinski definition) is 1. The van der Waals surface area contributed by atoms with E-state index in [4.69, 9.17) is 4.98 Å². The molecule has 0 radical (unpaired) electrons. The van der Waals surface area contributed by atoms with Crippen molar-refractivity contribution in [3.63, 3.8) is 0 Å². The Morgan fingerprint density at radius 2 is 2.00 bits per heavy atom. The van der Waals surface area contributed by atoms with Gasteiger partial charge in [-0.1, -0.05) is 18.9 Å². The van der Waals surface area contributed by atoms with E-state index in [9.17, 15) is 4.79 Å². The number of nitrogens with zero attached hydrogens (tertiary/aromatic N) is 6. The fraction of sp³-hybridized carbons (Fsp3) is 0.286. The highest BCUT2D eigenvalue weighted by Crippen LogP contribution is 2.33. The van der Waals surface area contributed by atoms with Crippen LogP contribution in [0.2, 0.25) is 0 Å². The van der Waals surface area contributed by atoms with Gasteiger partial charge in [-0.2, -0.15) is 5.10 Å². The average molecular weight is 387 g/mol. The number of carbonyl (C=O) groups excluding carboxylic acids is 1. The topological polar surface area (TPSA) is 90.0 Å². The summed E-state index contributed by atoms with van der Waals surface area (Å²) >= 11 is 0.